The molecule has 0 aliphatic carbocycles. The molecule has 2 heterocycles. The van der Waals surface area contributed by atoms with Gasteiger partial charge in [0, 0.05) is 56.5 Å². The quantitative estimate of drug-likeness (QED) is 0.587. The Bertz CT molecular complexity index is 1020. The Hall–Kier alpha value is -3.09. The van der Waals surface area contributed by atoms with Crippen LogP contribution in [0.4, 0.5) is 17.1 Å². The summed E-state index contributed by atoms with van der Waals surface area (Å²) in [6, 6.07) is 19.6. The smallest absolute Gasteiger partial charge is 0.243 e. The third-order valence-electron chi connectivity index (χ3n) is 5.63. The fourth-order valence-electron chi connectivity index (χ4n) is 3.85. The van der Waals surface area contributed by atoms with Crippen LogP contribution in [0.3, 0.4) is 0 Å². The van der Waals surface area contributed by atoms with Gasteiger partial charge in [0.15, 0.2) is 0 Å². The van der Waals surface area contributed by atoms with Crippen LogP contribution >= 0.6 is 11.6 Å². The number of hydrogen-bond acceptors (Lipinski definition) is 5. The normalized spacial score (nSPS) is 14.2. The number of halogens is 1. The molecule has 166 valence electrons. The van der Waals surface area contributed by atoms with Crippen LogP contribution in [0.25, 0.3) is 0 Å². The number of benzene rings is 2. The Morgan fingerprint density at radius 1 is 1.06 bits per heavy atom. The Labute approximate surface area is 194 Å². The molecule has 1 amide bonds. The minimum atomic E-state index is -0.0962. The van der Waals surface area contributed by atoms with Crippen molar-refractivity contribution in [3.8, 4) is 0 Å². The number of rotatable bonds is 7. The van der Waals surface area contributed by atoms with Gasteiger partial charge in [0.1, 0.15) is 0 Å². The second-order valence-electron chi connectivity index (χ2n) is 8.06. The van der Waals surface area contributed by atoms with Gasteiger partial charge in [-0.25, -0.2) is 0 Å². The van der Waals surface area contributed by atoms with Crippen molar-refractivity contribution in [3.05, 3.63) is 83.6 Å². The molecule has 0 saturated carbocycles. The standard InChI is InChI=1S/C25H28ClN5O/c1-29-12-14-30(15-13-29)24-10-9-21(16-23(24)26)28-25(32)19-31(22-7-3-2-4-8-22)18-20-6-5-11-27-17-20/h2-11,16-17H,12-15,18-19H2,1H3,(H,28,32). The molecule has 1 N–H and O–H groups in total. The number of likely N-dealkylation sites (N-methyl/N-ethyl adjacent to an activating group) is 1. The third kappa shape index (κ3) is 5.78. The van der Waals surface area contributed by atoms with Crippen LogP contribution in [-0.2, 0) is 11.3 Å². The van der Waals surface area contributed by atoms with Crippen LogP contribution < -0.4 is 15.1 Å². The summed E-state index contributed by atoms with van der Waals surface area (Å²) in [5.74, 6) is -0.0962. The molecule has 32 heavy (non-hydrogen) atoms. The molecule has 1 saturated heterocycles. The lowest BCUT2D eigenvalue weighted by molar-refractivity contribution is -0.115. The van der Waals surface area contributed by atoms with Gasteiger partial charge in [-0.2, -0.15) is 0 Å². The molecule has 1 aliphatic heterocycles. The molecule has 0 unspecified atom stereocenters. The number of amides is 1. The Balaban J connectivity index is 1.43. The molecular formula is C25H28ClN5O. The summed E-state index contributed by atoms with van der Waals surface area (Å²) < 4.78 is 0. The van der Waals surface area contributed by atoms with Crippen LogP contribution in [0.5, 0.6) is 0 Å². The SMILES string of the molecule is CN1CCN(c2ccc(NC(=O)CN(Cc3cccnc3)c3ccccc3)cc2Cl)CC1. The average molecular weight is 450 g/mol. The van der Waals surface area contributed by atoms with Gasteiger partial charge in [0.05, 0.1) is 17.3 Å². The van der Waals surface area contributed by atoms with Crippen LogP contribution in [0, 0.1) is 0 Å². The number of nitrogens with zero attached hydrogens (tertiary/aromatic N) is 4. The summed E-state index contributed by atoms with van der Waals surface area (Å²) in [5.41, 5.74) is 3.74. The lowest BCUT2D eigenvalue weighted by atomic mass is 10.2. The largest absolute Gasteiger partial charge is 0.368 e. The van der Waals surface area contributed by atoms with Crippen molar-refractivity contribution >= 4 is 34.6 Å². The lowest BCUT2D eigenvalue weighted by Gasteiger charge is -2.34. The van der Waals surface area contributed by atoms with E-state index in [9.17, 15) is 4.79 Å². The monoisotopic (exact) mass is 449 g/mol. The van der Waals surface area contributed by atoms with Gasteiger partial charge in [0.2, 0.25) is 5.91 Å². The fraction of sp³-hybridized carbons (Fsp3) is 0.280. The first kappa shape index (κ1) is 22.1. The average Bonchev–Trinajstić information content (AvgIpc) is 2.81. The zero-order valence-electron chi connectivity index (χ0n) is 18.2. The van der Waals surface area contributed by atoms with Crippen LogP contribution in [0.1, 0.15) is 5.56 Å². The highest BCUT2D eigenvalue weighted by Gasteiger charge is 2.18. The molecule has 2 aromatic carbocycles. The van der Waals surface area contributed by atoms with Gasteiger partial charge >= 0.3 is 0 Å². The van der Waals surface area contributed by atoms with Crippen molar-refractivity contribution in [2.24, 2.45) is 0 Å². The summed E-state index contributed by atoms with van der Waals surface area (Å²) in [7, 11) is 2.13. The summed E-state index contributed by atoms with van der Waals surface area (Å²) >= 11 is 6.57. The van der Waals surface area contributed by atoms with Crippen LogP contribution in [0.2, 0.25) is 5.02 Å². The van der Waals surface area contributed by atoms with E-state index in [0.717, 1.165) is 43.1 Å². The first-order chi connectivity index (χ1) is 15.6. The summed E-state index contributed by atoms with van der Waals surface area (Å²) in [5, 5.41) is 3.65. The topological polar surface area (TPSA) is 51.7 Å². The molecule has 0 atom stereocenters. The number of pyridine rings is 1. The van der Waals surface area contributed by atoms with E-state index < -0.39 is 0 Å². The maximum absolute atomic E-state index is 12.9. The van der Waals surface area contributed by atoms with Gasteiger partial charge in [-0.05, 0) is 49.0 Å². The number of piperazine rings is 1. The van der Waals surface area contributed by atoms with Crippen molar-refractivity contribution in [1.82, 2.24) is 9.88 Å². The molecule has 0 bridgehead atoms. The second-order valence-corrected chi connectivity index (χ2v) is 8.46. The zero-order chi connectivity index (χ0) is 22.3. The summed E-state index contributed by atoms with van der Waals surface area (Å²) in [4.78, 5) is 23.7. The molecule has 0 radical (unpaired) electrons. The van der Waals surface area contributed by atoms with Gasteiger partial charge < -0.3 is 20.0 Å². The van der Waals surface area contributed by atoms with Crippen molar-refractivity contribution in [2.75, 3.05) is 54.9 Å². The van der Waals surface area contributed by atoms with E-state index in [1.165, 1.54) is 0 Å². The molecule has 1 aromatic heterocycles. The first-order valence-corrected chi connectivity index (χ1v) is 11.2. The summed E-state index contributed by atoms with van der Waals surface area (Å²) in [6.07, 6.45) is 3.57. The highest BCUT2D eigenvalue weighted by molar-refractivity contribution is 6.33. The molecule has 4 rings (SSSR count). The fourth-order valence-corrected chi connectivity index (χ4v) is 4.15. The number of hydrogen-bond donors (Lipinski definition) is 1. The van der Waals surface area contributed by atoms with Gasteiger partial charge in [-0.1, -0.05) is 35.9 Å². The van der Waals surface area contributed by atoms with E-state index in [1.807, 2.05) is 71.8 Å². The number of para-hydroxylation sites is 1. The Morgan fingerprint density at radius 3 is 2.53 bits per heavy atom. The van der Waals surface area contributed by atoms with Gasteiger partial charge in [-0.3, -0.25) is 9.78 Å². The second kappa shape index (κ2) is 10.5. The van der Waals surface area contributed by atoms with Crippen molar-refractivity contribution in [3.63, 3.8) is 0 Å². The number of carbonyl (C=O) groups excluding carboxylic acids is 1. The lowest BCUT2D eigenvalue weighted by Crippen LogP contribution is -2.44. The predicted molar refractivity (Wildman–Crippen MR) is 132 cm³/mol. The number of carbonyl (C=O) groups is 1. The molecular weight excluding hydrogens is 422 g/mol. The zero-order valence-corrected chi connectivity index (χ0v) is 19.0. The van der Waals surface area contributed by atoms with Gasteiger partial charge in [-0.15, -0.1) is 0 Å². The Kier molecular flexibility index (Phi) is 7.24. The van der Waals surface area contributed by atoms with E-state index in [4.69, 9.17) is 11.6 Å². The van der Waals surface area contributed by atoms with Crippen molar-refractivity contribution in [1.29, 1.82) is 0 Å². The molecule has 1 aliphatic rings. The predicted octanol–water partition coefficient (Wildman–Crippen LogP) is 4.13. The number of aromatic nitrogens is 1. The minimum absolute atomic E-state index is 0.0962. The molecule has 7 heteroatoms. The van der Waals surface area contributed by atoms with E-state index in [0.29, 0.717) is 17.3 Å². The van der Waals surface area contributed by atoms with Crippen molar-refractivity contribution < 1.29 is 4.79 Å². The molecule has 1 fully saturated rings. The van der Waals surface area contributed by atoms with E-state index in [2.05, 4.69) is 27.1 Å². The van der Waals surface area contributed by atoms with Crippen LogP contribution in [0.15, 0.2) is 73.1 Å². The highest BCUT2D eigenvalue weighted by Crippen LogP contribution is 2.29. The Morgan fingerprint density at radius 2 is 1.84 bits per heavy atom. The van der Waals surface area contributed by atoms with Gasteiger partial charge in [0.25, 0.3) is 0 Å². The summed E-state index contributed by atoms with van der Waals surface area (Å²) in [6.45, 7) is 4.73. The first-order valence-electron chi connectivity index (χ1n) is 10.8. The maximum Gasteiger partial charge on any atom is 0.243 e. The molecule has 6 nitrogen and oxygen atoms in total. The van der Waals surface area contributed by atoms with E-state index in [-0.39, 0.29) is 12.5 Å². The highest BCUT2D eigenvalue weighted by atomic mass is 35.5. The maximum atomic E-state index is 12.9. The molecule has 3 aromatic rings. The minimum Gasteiger partial charge on any atom is -0.368 e. The van der Waals surface area contributed by atoms with E-state index >= 15 is 0 Å². The third-order valence-corrected chi connectivity index (χ3v) is 5.93. The number of anilines is 3. The molecule has 0 spiro atoms. The van der Waals surface area contributed by atoms with E-state index in [1.54, 1.807) is 6.20 Å². The van der Waals surface area contributed by atoms with Crippen LogP contribution in [-0.4, -0.2) is 55.6 Å². The van der Waals surface area contributed by atoms with Crippen molar-refractivity contribution in [2.45, 2.75) is 6.54 Å². The number of nitrogens with one attached hydrogen (secondary N) is 1.